The van der Waals surface area contributed by atoms with Gasteiger partial charge in [0.1, 0.15) is 11.6 Å². The Kier molecular flexibility index (Phi) is 5.20. The zero-order valence-electron chi connectivity index (χ0n) is 12.2. The van der Waals surface area contributed by atoms with Crippen LogP contribution in [0.2, 0.25) is 0 Å². The van der Waals surface area contributed by atoms with E-state index in [9.17, 15) is 0 Å². The molecule has 3 nitrogen and oxygen atoms in total. The van der Waals surface area contributed by atoms with Gasteiger partial charge in [0.05, 0.1) is 10.2 Å². The molecule has 1 aromatic heterocycles. The molecule has 1 saturated carbocycles. The van der Waals surface area contributed by atoms with Gasteiger partial charge in [0.2, 0.25) is 0 Å². The summed E-state index contributed by atoms with van der Waals surface area (Å²) in [5, 5.41) is 3.42. The summed E-state index contributed by atoms with van der Waals surface area (Å²) >= 11 is 3.68. The van der Waals surface area contributed by atoms with Crippen molar-refractivity contribution in [1.82, 2.24) is 9.97 Å². The minimum absolute atomic E-state index is 0.584. The largest absolute Gasteiger partial charge is 0.369 e. The summed E-state index contributed by atoms with van der Waals surface area (Å²) in [4.78, 5) is 9.54. The van der Waals surface area contributed by atoms with Crippen LogP contribution in [-0.4, -0.2) is 16.5 Å². The van der Waals surface area contributed by atoms with Crippen LogP contribution in [0.1, 0.15) is 63.9 Å². The topological polar surface area (TPSA) is 37.8 Å². The lowest BCUT2D eigenvalue weighted by molar-refractivity contribution is 0.399. The van der Waals surface area contributed by atoms with Gasteiger partial charge in [-0.3, -0.25) is 0 Å². The van der Waals surface area contributed by atoms with Crippen molar-refractivity contribution in [3.05, 3.63) is 16.0 Å². The van der Waals surface area contributed by atoms with E-state index in [2.05, 4.69) is 42.0 Å². The van der Waals surface area contributed by atoms with Crippen molar-refractivity contribution in [2.45, 2.75) is 58.8 Å². The lowest BCUT2D eigenvalue weighted by Gasteiger charge is -2.25. The highest BCUT2D eigenvalue weighted by Gasteiger charge is 2.24. The maximum Gasteiger partial charge on any atom is 0.144 e. The second-order valence-electron chi connectivity index (χ2n) is 5.84. The predicted octanol–water partition coefficient (Wildman–Crippen LogP) is 4.53. The Morgan fingerprint density at radius 3 is 2.58 bits per heavy atom. The molecule has 0 bridgehead atoms. The smallest absolute Gasteiger partial charge is 0.144 e. The number of nitrogens with one attached hydrogen (secondary N) is 1. The highest BCUT2D eigenvalue weighted by atomic mass is 79.9. The van der Waals surface area contributed by atoms with Crippen LogP contribution in [-0.2, 0) is 6.42 Å². The van der Waals surface area contributed by atoms with E-state index in [1.165, 1.54) is 19.3 Å². The zero-order valence-corrected chi connectivity index (χ0v) is 13.8. The van der Waals surface area contributed by atoms with Crippen LogP contribution in [0.3, 0.4) is 0 Å². The molecule has 0 radical (unpaired) electrons. The van der Waals surface area contributed by atoms with Gasteiger partial charge in [-0.1, -0.05) is 27.2 Å². The van der Waals surface area contributed by atoms with E-state index >= 15 is 0 Å². The van der Waals surface area contributed by atoms with Gasteiger partial charge < -0.3 is 5.32 Å². The molecular formula is C15H24BrN3. The average molecular weight is 326 g/mol. The molecule has 0 saturated heterocycles. The molecule has 0 atom stereocenters. The Bertz CT molecular complexity index is 428. The standard InChI is InChI=1S/C15H24BrN3/c1-4-8-17-15-13(16)12(9-10(2)3)18-14(19-15)11-6-5-7-11/h10-11H,4-9H2,1-3H3,(H,17,18,19). The minimum atomic E-state index is 0.584. The van der Waals surface area contributed by atoms with Gasteiger partial charge in [0.15, 0.2) is 0 Å². The Morgan fingerprint density at radius 2 is 2.05 bits per heavy atom. The van der Waals surface area contributed by atoms with E-state index < -0.39 is 0 Å². The fourth-order valence-corrected chi connectivity index (χ4v) is 2.72. The molecule has 1 heterocycles. The van der Waals surface area contributed by atoms with Crippen LogP contribution in [0.4, 0.5) is 5.82 Å². The number of hydrogen-bond donors (Lipinski definition) is 1. The van der Waals surface area contributed by atoms with E-state index in [0.717, 1.165) is 41.2 Å². The van der Waals surface area contributed by atoms with Crippen molar-refractivity contribution in [1.29, 1.82) is 0 Å². The first-order chi connectivity index (χ1) is 9.11. The fourth-order valence-electron chi connectivity index (χ4n) is 2.24. The summed E-state index contributed by atoms with van der Waals surface area (Å²) in [5.74, 6) is 3.22. The molecule has 106 valence electrons. The Labute approximate surface area is 124 Å². The maximum atomic E-state index is 4.81. The van der Waals surface area contributed by atoms with Crippen LogP contribution in [0.15, 0.2) is 4.47 Å². The molecule has 19 heavy (non-hydrogen) atoms. The number of aromatic nitrogens is 2. The zero-order chi connectivity index (χ0) is 13.8. The summed E-state index contributed by atoms with van der Waals surface area (Å²) in [7, 11) is 0. The van der Waals surface area contributed by atoms with E-state index in [4.69, 9.17) is 9.97 Å². The van der Waals surface area contributed by atoms with Crippen LogP contribution in [0.5, 0.6) is 0 Å². The summed E-state index contributed by atoms with van der Waals surface area (Å²) in [6, 6.07) is 0. The predicted molar refractivity (Wildman–Crippen MR) is 83.6 cm³/mol. The first-order valence-electron chi connectivity index (χ1n) is 7.42. The fraction of sp³-hybridized carbons (Fsp3) is 0.733. The van der Waals surface area contributed by atoms with Gasteiger partial charge in [-0.2, -0.15) is 0 Å². The molecule has 0 amide bonds. The molecular weight excluding hydrogens is 302 g/mol. The normalized spacial score (nSPS) is 15.6. The van der Waals surface area contributed by atoms with Crippen LogP contribution in [0.25, 0.3) is 0 Å². The second kappa shape index (κ2) is 6.69. The number of anilines is 1. The molecule has 1 aliphatic carbocycles. The van der Waals surface area contributed by atoms with Crippen LogP contribution >= 0.6 is 15.9 Å². The lowest BCUT2D eigenvalue weighted by Crippen LogP contribution is -2.17. The van der Waals surface area contributed by atoms with E-state index in [1.54, 1.807) is 0 Å². The Hall–Kier alpha value is -0.640. The van der Waals surface area contributed by atoms with Crippen molar-refractivity contribution in [3.8, 4) is 0 Å². The summed E-state index contributed by atoms with van der Waals surface area (Å²) in [6.45, 7) is 7.60. The third kappa shape index (κ3) is 3.68. The summed E-state index contributed by atoms with van der Waals surface area (Å²) in [5.41, 5.74) is 1.16. The third-order valence-electron chi connectivity index (χ3n) is 3.55. The molecule has 1 N–H and O–H groups in total. The monoisotopic (exact) mass is 325 g/mol. The molecule has 0 aliphatic heterocycles. The first kappa shape index (κ1) is 14.8. The van der Waals surface area contributed by atoms with Crippen molar-refractivity contribution in [3.63, 3.8) is 0 Å². The van der Waals surface area contributed by atoms with Crippen molar-refractivity contribution < 1.29 is 0 Å². The number of hydrogen-bond acceptors (Lipinski definition) is 3. The number of rotatable bonds is 6. The Morgan fingerprint density at radius 1 is 1.32 bits per heavy atom. The summed E-state index contributed by atoms with van der Waals surface area (Å²) < 4.78 is 1.05. The molecule has 1 aliphatic rings. The van der Waals surface area contributed by atoms with Crippen molar-refractivity contribution in [2.75, 3.05) is 11.9 Å². The van der Waals surface area contributed by atoms with E-state index in [-0.39, 0.29) is 0 Å². The maximum absolute atomic E-state index is 4.81. The van der Waals surface area contributed by atoms with Gasteiger partial charge in [-0.15, -0.1) is 0 Å². The number of nitrogens with zero attached hydrogens (tertiary/aromatic N) is 2. The van der Waals surface area contributed by atoms with Crippen LogP contribution in [0, 0.1) is 5.92 Å². The molecule has 0 aromatic carbocycles. The van der Waals surface area contributed by atoms with Gasteiger partial charge in [0.25, 0.3) is 0 Å². The van der Waals surface area contributed by atoms with Crippen molar-refractivity contribution in [2.24, 2.45) is 5.92 Å². The van der Waals surface area contributed by atoms with E-state index in [0.29, 0.717) is 11.8 Å². The van der Waals surface area contributed by atoms with Crippen LogP contribution < -0.4 is 5.32 Å². The molecule has 1 aromatic rings. The molecule has 1 fully saturated rings. The number of halogens is 1. The van der Waals surface area contributed by atoms with Gasteiger partial charge in [-0.25, -0.2) is 9.97 Å². The summed E-state index contributed by atoms with van der Waals surface area (Å²) in [6.07, 6.45) is 5.92. The molecule has 4 heteroatoms. The lowest BCUT2D eigenvalue weighted by atomic mass is 9.85. The third-order valence-corrected chi connectivity index (χ3v) is 4.38. The highest BCUT2D eigenvalue weighted by Crippen LogP contribution is 2.36. The van der Waals surface area contributed by atoms with E-state index in [1.807, 2.05) is 0 Å². The quantitative estimate of drug-likeness (QED) is 0.835. The first-order valence-corrected chi connectivity index (χ1v) is 8.21. The van der Waals surface area contributed by atoms with Gasteiger partial charge in [-0.05, 0) is 47.5 Å². The molecule has 2 rings (SSSR count). The van der Waals surface area contributed by atoms with Crippen molar-refractivity contribution >= 4 is 21.7 Å². The Balaban J connectivity index is 2.28. The molecule has 0 unspecified atom stereocenters. The highest BCUT2D eigenvalue weighted by molar-refractivity contribution is 9.10. The SMILES string of the molecule is CCCNc1nc(C2CCC2)nc(CC(C)C)c1Br. The van der Waals surface area contributed by atoms with Gasteiger partial charge in [0, 0.05) is 12.5 Å². The molecule has 0 spiro atoms. The second-order valence-corrected chi connectivity index (χ2v) is 6.64. The average Bonchev–Trinajstić information content (AvgIpc) is 2.28. The minimum Gasteiger partial charge on any atom is -0.369 e. The van der Waals surface area contributed by atoms with Gasteiger partial charge >= 0.3 is 0 Å².